The highest BCUT2D eigenvalue weighted by molar-refractivity contribution is 7.90. The van der Waals surface area contributed by atoms with E-state index in [1.807, 2.05) is 32.7 Å². The molecule has 0 aromatic heterocycles. The van der Waals surface area contributed by atoms with E-state index in [1.165, 1.54) is 6.26 Å². The van der Waals surface area contributed by atoms with Gasteiger partial charge in [0.15, 0.2) is 0 Å². The maximum absolute atomic E-state index is 11.6. The van der Waals surface area contributed by atoms with E-state index in [4.69, 9.17) is 5.73 Å². The van der Waals surface area contributed by atoms with E-state index in [1.54, 1.807) is 0 Å². The zero-order chi connectivity index (χ0) is 16.7. The van der Waals surface area contributed by atoms with E-state index in [-0.39, 0.29) is 17.7 Å². The molecule has 0 saturated heterocycles. The number of amides is 1. The Hall–Kier alpha value is -0.660. The molecule has 0 spiro atoms. The summed E-state index contributed by atoms with van der Waals surface area (Å²) in [7, 11) is -1.00. The minimum Gasteiger partial charge on any atom is -0.368 e. The molecule has 0 aliphatic heterocycles. The van der Waals surface area contributed by atoms with E-state index in [2.05, 4.69) is 5.32 Å². The molecular weight excluding hydrogens is 290 g/mol. The molecule has 0 aliphatic carbocycles. The Balaban J connectivity index is 4.09. The molecule has 1 atom stereocenters. The predicted octanol–water partition coefficient (Wildman–Crippen LogP) is 0.375. The number of rotatable bonds is 11. The highest BCUT2D eigenvalue weighted by Crippen LogP contribution is 2.14. The van der Waals surface area contributed by atoms with Gasteiger partial charge < -0.3 is 16.0 Å². The maximum Gasteiger partial charge on any atom is 0.237 e. The van der Waals surface area contributed by atoms with Gasteiger partial charge in [-0.1, -0.05) is 0 Å². The van der Waals surface area contributed by atoms with Gasteiger partial charge in [-0.15, -0.1) is 0 Å². The van der Waals surface area contributed by atoms with E-state index in [0.29, 0.717) is 13.0 Å². The normalized spacial score (nSPS) is 15.4. The number of unbranched alkanes of at least 4 members (excludes halogenated alkanes) is 1. The second kappa shape index (κ2) is 8.70. The maximum atomic E-state index is 11.6. The Morgan fingerprint density at radius 2 is 1.86 bits per heavy atom. The second-order valence-electron chi connectivity index (χ2n) is 6.39. The first-order chi connectivity index (χ1) is 9.46. The van der Waals surface area contributed by atoms with E-state index < -0.39 is 15.4 Å². The number of nitrogens with one attached hydrogen (secondary N) is 1. The lowest BCUT2D eigenvalue weighted by Crippen LogP contribution is -2.55. The van der Waals surface area contributed by atoms with Crippen LogP contribution >= 0.6 is 0 Å². The van der Waals surface area contributed by atoms with Crippen molar-refractivity contribution in [2.75, 3.05) is 32.1 Å². The lowest BCUT2D eigenvalue weighted by Gasteiger charge is -2.30. The Kier molecular flexibility index (Phi) is 8.43. The van der Waals surface area contributed by atoms with Crippen LogP contribution in [0.5, 0.6) is 0 Å². The Morgan fingerprint density at radius 3 is 2.29 bits per heavy atom. The van der Waals surface area contributed by atoms with E-state index >= 15 is 0 Å². The summed E-state index contributed by atoms with van der Waals surface area (Å²) in [5.41, 5.74) is 4.80. The van der Waals surface area contributed by atoms with Gasteiger partial charge in [-0.3, -0.25) is 4.79 Å². The highest BCUT2D eigenvalue weighted by atomic mass is 32.2. The van der Waals surface area contributed by atoms with Crippen LogP contribution in [0.1, 0.15) is 40.0 Å². The number of carbonyl (C=O) groups is 1. The molecule has 0 heterocycles. The third kappa shape index (κ3) is 9.82. The van der Waals surface area contributed by atoms with Crippen molar-refractivity contribution in [3.8, 4) is 0 Å². The summed E-state index contributed by atoms with van der Waals surface area (Å²) >= 11 is 0. The standard InChI is InChI=1S/C14H31N3O3S/c1-12(2)16-14(3,13(15)18)8-6-7-9-17(4)10-11-21(5,19)20/h12,16H,6-11H2,1-5H3,(H2,15,18). The van der Waals surface area contributed by atoms with Crippen molar-refractivity contribution in [1.29, 1.82) is 0 Å². The zero-order valence-electron chi connectivity index (χ0n) is 14.0. The van der Waals surface area contributed by atoms with Crippen molar-refractivity contribution in [2.45, 2.75) is 51.6 Å². The van der Waals surface area contributed by atoms with Crippen molar-refractivity contribution in [2.24, 2.45) is 5.73 Å². The molecule has 1 unspecified atom stereocenters. The summed E-state index contributed by atoms with van der Waals surface area (Å²) in [6.45, 7) is 7.16. The quantitative estimate of drug-likeness (QED) is 0.537. The molecule has 0 bridgehead atoms. The third-order valence-corrected chi connectivity index (χ3v) is 4.39. The van der Waals surface area contributed by atoms with Crippen molar-refractivity contribution in [3.63, 3.8) is 0 Å². The number of nitrogens with two attached hydrogens (primary N) is 1. The molecule has 0 fully saturated rings. The molecule has 0 radical (unpaired) electrons. The van der Waals surface area contributed by atoms with Gasteiger partial charge in [-0.25, -0.2) is 8.42 Å². The van der Waals surface area contributed by atoms with E-state index in [0.717, 1.165) is 19.4 Å². The molecule has 1 amide bonds. The number of sulfone groups is 1. The molecule has 0 rings (SSSR count). The van der Waals surface area contributed by atoms with Gasteiger partial charge in [0.25, 0.3) is 0 Å². The minimum atomic E-state index is -2.91. The summed E-state index contributed by atoms with van der Waals surface area (Å²) in [6.07, 6.45) is 3.70. The van der Waals surface area contributed by atoms with Gasteiger partial charge >= 0.3 is 0 Å². The van der Waals surface area contributed by atoms with Crippen LogP contribution < -0.4 is 11.1 Å². The molecule has 126 valence electrons. The summed E-state index contributed by atoms with van der Waals surface area (Å²) in [4.78, 5) is 13.6. The van der Waals surface area contributed by atoms with Crippen molar-refractivity contribution < 1.29 is 13.2 Å². The molecule has 0 aliphatic rings. The van der Waals surface area contributed by atoms with Gasteiger partial charge in [0.1, 0.15) is 9.84 Å². The smallest absolute Gasteiger partial charge is 0.237 e. The summed E-state index contributed by atoms with van der Waals surface area (Å²) in [5, 5.41) is 3.22. The zero-order valence-corrected chi connectivity index (χ0v) is 14.8. The van der Waals surface area contributed by atoms with Crippen molar-refractivity contribution in [1.82, 2.24) is 10.2 Å². The van der Waals surface area contributed by atoms with Crippen LogP contribution in [-0.4, -0.2) is 63.0 Å². The molecule has 0 aromatic rings. The largest absolute Gasteiger partial charge is 0.368 e. The van der Waals surface area contributed by atoms with Crippen LogP contribution in [0.25, 0.3) is 0 Å². The lowest BCUT2D eigenvalue weighted by molar-refractivity contribution is -0.124. The minimum absolute atomic E-state index is 0.178. The Labute approximate surface area is 129 Å². The molecule has 3 N–H and O–H groups in total. The number of primary amides is 1. The fourth-order valence-electron chi connectivity index (χ4n) is 2.20. The lowest BCUT2D eigenvalue weighted by atomic mass is 9.93. The Bertz CT molecular complexity index is 423. The van der Waals surface area contributed by atoms with E-state index in [9.17, 15) is 13.2 Å². The molecule has 21 heavy (non-hydrogen) atoms. The second-order valence-corrected chi connectivity index (χ2v) is 8.65. The number of nitrogens with zero attached hydrogens (tertiary/aromatic N) is 1. The summed E-state index contributed by atoms with van der Waals surface area (Å²) < 4.78 is 22.2. The third-order valence-electron chi connectivity index (χ3n) is 3.46. The SMILES string of the molecule is CC(C)NC(C)(CCCCN(C)CCS(C)(=O)=O)C(N)=O. The van der Waals surface area contributed by atoms with Crippen LogP contribution in [0.4, 0.5) is 0 Å². The first-order valence-electron chi connectivity index (χ1n) is 7.40. The molecular formula is C14H31N3O3S. The monoisotopic (exact) mass is 321 g/mol. The van der Waals surface area contributed by atoms with Gasteiger partial charge in [0.05, 0.1) is 11.3 Å². The molecule has 0 saturated carbocycles. The summed E-state index contributed by atoms with van der Waals surface area (Å²) in [5.74, 6) is -0.154. The van der Waals surface area contributed by atoms with Gasteiger partial charge in [0.2, 0.25) is 5.91 Å². The number of carbonyl (C=O) groups excluding carboxylic acids is 1. The average molecular weight is 321 g/mol. The van der Waals surface area contributed by atoms with Crippen LogP contribution in [0.15, 0.2) is 0 Å². The predicted molar refractivity (Wildman–Crippen MR) is 86.9 cm³/mol. The first-order valence-corrected chi connectivity index (χ1v) is 9.46. The van der Waals surface area contributed by atoms with Gasteiger partial charge in [0, 0.05) is 18.8 Å². The fourth-order valence-corrected chi connectivity index (χ4v) is 2.84. The van der Waals surface area contributed by atoms with Gasteiger partial charge in [-0.05, 0) is 53.6 Å². The molecule has 7 heteroatoms. The first kappa shape index (κ1) is 20.3. The topological polar surface area (TPSA) is 92.5 Å². The fraction of sp³-hybridized carbons (Fsp3) is 0.929. The van der Waals surface area contributed by atoms with Gasteiger partial charge in [-0.2, -0.15) is 0 Å². The molecule has 6 nitrogen and oxygen atoms in total. The number of hydrogen-bond acceptors (Lipinski definition) is 5. The van der Waals surface area contributed by atoms with Crippen LogP contribution in [0.2, 0.25) is 0 Å². The van der Waals surface area contributed by atoms with Crippen LogP contribution in [0, 0.1) is 0 Å². The van der Waals surface area contributed by atoms with Crippen molar-refractivity contribution >= 4 is 15.7 Å². The summed E-state index contributed by atoms with van der Waals surface area (Å²) in [6, 6.07) is 0.194. The van der Waals surface area contributed by atoms with Crippen molar-refractivity contribution in [3.05, 3.63) is 0 Å². The van der Waals surface area contributed by atoms with Crippen LogP contribution in [-0.2, 0) is 14.6 Å². The average Bonchev–Trinajstić information content (AvgIpc) is 2.30. The number of hydrogen-bond donors (Lipinski definition) is 2. The molecule has 0 aromatic carbocycles. The highest BCUT2D eigenvalue weighted by Gasteiger charge is 2.30. The Morgan fingerprint density at radius 1 is 1.29 bits per heavy atom. The van der Waals surface area contributed by atoms with Crippen LogP contribution in [0.3, 0.4) is 0 Å².